The molecular weight excluding hydrogens is 462 g/mol. The Balaban J connectivity index is 1.84. The summed E-state index contributed by atoms with van der Waals surface area (Å²) in [6, 6.07) is 17.9. The Kier molecular flexibility index (Phi) is 5.44. The number of nitriles is 1. The number of fused-ring (bicyclic) bond motifs is 1. The molecule has 5 aromatic rings. The molecule has 0 spiro atoms. The third-order valence-corrected chi connectivity index (χ3v) is 6.44. The van der Waals surface area contributed by atoms with E-state index in [0.717, 1.165) is 11.3 Å². The SMILES string of the molecule is Cn1cncc1[C@@](N)(c1ccc(Cl)cc1)c1cnc2c(c1)c(-c1cccc(C#N)n1)cc(=O)n2C. The summed E-state index contributed by atoms with van der Waals surface area (Å²) in [6.07, 6.45) is 5.08. The van der Waals surface area contributed by atoms with Crippen LogP contribution in [0.2, 0.25) is 5.02 Å². The molecule has 2 N–H and O–H groups in total. The van der Waals surface area contributed by atoms with E-state index in [-0.39, 0.29) is 11.3 Å². The summed E-state index contributed by atoms with van der Waals surface area (Å²) in [5.74, 6) is 0. The van der Waals surface area contributed by atoms with E-state index < -0.39 is 5.54 Å². The summed E-state index contributed by atoms with van der Waals surface area (Å²) < 4.78 is 3.33. The highest BCUT2D eigenvalue weighted by atomic mass is 35.5. The van der Waals surface area contributed by atoms with Crippen molar-refractivity contribution in [2.24, 2.45) is 19.8 Å². The van der Waals surface area contributed by atoms with Gasteiger partial charge in [-0.25, -0.2) is 15.0 Å². The van der Waals surface area contributed by atoms with Crippen molar-refractivity contribution in [2.45, 2.75) is 5.54 Å². The van der Waals surface area contributed by atoms with Gasteiger partial charge in [0, 0.05) is 47.9 Å². The fourth-order valence-electron chi connectivity index (χ4n) is 4.31. The molecule has 0 amide bonds. The predicted octanol–water partition coefficient (Wildman–Crippen LogP) is 3.50. The van der Waals surface area contributed by atoms with Gasteiger partial charge in [-0.05, 0) is 35.9 Å². The Bertz CT molecular complexity index is 1680. The topological polar surface area (TPSA) is 115 Å². The molecule has 0 fully saturated rings. The average molecular weight is 482 g/mol. The van der Waals surface area contributed by atoms with Gasteiger partial charge in [-0.15, -0.1) is 0 Å². The van der Waals surface area contributed by atoms with Crippen molar-refractivity contribution in [1.29, 1.82) is 5.26 Å². The highest BCUT2D eigenvalue weighted by molar-refractivity contribution is 6.30. The van der Waals surface area contributed by atoms with Gasteiger partial charge in [0.1, 0.15) is 22.9 Å². The number of aromatic nitrogens is 5. The Morgan fingerprint density at radius 3 is 2.51 bits per heavy atom. The summed E-state index contributed by atoms with van der Waals surface area (Å²) in [6.45, 7) is 0. The maximum Gasteiger partial charge on any atom is 0.252 e. The lowest BCUT2D eigenvalue weighted by molar-refractivity contribution is 0.594. The summed E-state index contributed by atoms with van der Waals surface area (Å²) in [7, 11) is 3.54. The number of benzene rings is 1. The van der Waals surface area contributed by atoms with Crippen molar-refractivity contribution in [2.75, 3.05) is 0 Å². The molecule has 1 aromatic carbocycles. The zero-order chi connectivity index (χ0) is 24.7. The van der Waals surface area contributed by atoms with Crippen LogP contribution in [0.5, 0.6) is 0 Å². The highest BCUT2D eigenvalue weighted by Gasteiger charge is 2.35. The zero-order valence-corrected chi connectivity index (χ0v) is 19.7. The smallest absolute Gasteiger partial charge is 0.252 e. The number of imidazole rings is 1. The van der Waals surface area contributed by atoms with Gasteiger partial charge in [-0.3, -0.25) is 9.36 Å². The molecule has 0 aliphatic rings. The van der Waals surface area contributed by atoms with Crippen LogP contribution in [-0.4, -0.2) is 24.1 Å². The minimum Gasteiger partial charge on any atom is -0.336 e. The standard InChI is InChI=1S/C26H20ClN7O/c1-33-15-30-14-23(33)26(29,16-6-8-18(27)9-7-16)17-10-21-20(22-5-3-4-19(12-28)32-22)11-24(35)34(2)25(21)31-13-17/h3-11,13-15H,29H2,1-2H3/t26-/m1/s1. The van der Waals surface area contributed by atoms with Crippen LogP contribution in [0.3, 0.4) is 0 Å². The molecule has 0 bridgehead atoms. The fourth-order valence-corrected chi connectivity index (χ4v) is 4.44. The lowest BCUT2D eigenvalue weighted by Crippen LogP contribution is -2.41. The van der Waals surface area contributed by atoms with Crippen molar-refractivity contribution in [1.82, 2.24) is 24.1 Å². The number of nitrogens with two attached hydrogens (primary N) is 1. The van der Waals surface area contributed by atoms with E-state index in [1.165, 1.54) is 10.6 Å². The quantitative estimate of drug-likeness (QED) is 0.420. The maximum atomic E-state index is 12.7. The zero-order valence-electron chi connectivity index (χ0n) is 19.0. The molecular formula is C26H20ClN7O. The molecule has 4 aromatic heterocycles. The van der Waals surface area contributed by atoms with Crippen LogP contribution in [0, 0.1) is 11.3 Å². The Hall–Kier alpha value is -4.32. The normalized spacial score (nSPS) is 12.9. The van der Waals surface area contributed by atoms with Gasteiger partial charge in [0.2, 0.25) is 0 Å². The minimum absolute atomic E-state index is 0.236. The molecule has 0 saturated carbocycles. The maximum absolute atomic E-state index is 12.7. The highest BCUT2D eigenvalue weighted by Crippen LogP contribution is 2.36. The van der Waals surface area contributed by atoms with Gasteiger partial charge in [-0.1, -0.05) is 29.8 Å². The van der Waals surface area contributed by atoms with Gasteiger partial charge in [0.25, 0.3) is 5.56 Å². The molecule has 35 heavy (non-hydrogen) atoms. The molecule has 172 valence electrons. The largest absolute Gasteiger partial charge is 0.336 e. The van der Waals surface area contributed by atoms with Crippen LogP contribution in [0.15, 0.2) is 78.1 Å². The monoisotopic (exact) mass is 481 g/mol. The number of hydrogen-bond acceptors (Lipinski definition) is 6. The van der Waals surface area contributed by atoms with Crippen LogP contribution in [0.25, 0.3) is 22.3 Å². The van der Waals surface area contributed by atoms with Gasteiger partial charge in [0.05, 0.1) is 23.9 Å². The number of nitrogens with zero attached hydrogens (tertiary/aromatic N) is 6. The van der Waals surface area contributed by atoms with Crippen molar-refractivity contribution in [3.63, 3.8) is 0 Å². The van der Waals surface area contributed by atoms with Crippen molar-refractivity contribution in [3.8, 4) is 17.3 Å². The van der Waals surface area contributed by atoms with Gasteiger partial charge >= 0.3 is 0 Å². The average Bonchev–Trinajstić information content (AvgIpc) is 3.32. The second-order valence-corrected chi connectivity index (χ2v) is 8.71. The number of hydrogen-bond donors (Lipinski definition) is 1. The van der Waals surface area contributed by atoms with Crippen LogP contribution in [0.1, 0.15) is 22.5 Å². The van der Waals surface area contributed by atoms with Crippen LogP contribution in [0.4, 0.5) is 0 Å². The van der Waals surface area contributed by atoms with Crippen molar-refractivity contribution >= 4 is 22.6 Å². The van der Waals surface area contributed by atoms with Crippen LogP contribution < -0.4 is 11.3 Å². The summed E-state index contributed by atoms with van der Waals surface area (Å²) in [5.41, 5.74) is 9.85. The predicted molar refractivity (Wildman–Crippen MR) is 134 cm³/mol. The molecule has 1 atom stereocenters. The van der Waals surface area contributed by atoms with Crippen molar-refractivity contribution in [3.05, 3.63) is 111 Å². The van der Waals surface area contributed by atoms with E-state index in [9.17, 15) is 10.1 Å². The minimum atomic E-state index is -1.12. The van der Waals surface area contributed by atoms with Gasteiger partial charge in [0.15, 0.2) is 0 Å². The molecule has 0 aliphatic carbocycles. The molecule has 8 nitrogen and oxygen atoms in total. The second kappa shape index (κ2) is 8.47. The van der Waals surface area contributed by atoms with Crippen molar-refractivity contribution < 1.29 is 0 Å². The molecule has 9 heteroatoms. The van der Waals surface area contributed by atoms with Gasteiger partial charge < -0.3 is 10.3 Å². The lowest BCUT2D eigenvalue weighted by atomic mass is 9.81. The Labute approximate surface area is 205 Å². The first kappa shape index (κ1) is 22.5. The number of pyridine rings is 3. The van der Waals surface area contributed by atoms with Crippen LogP contribution in [-0.2, 0) is 19.6 Å². The Morgan fingerprint density at radius 1 is 1.06 bits per heavy atom. The molecule has 0 unspecified atom stereocenters. The first-order valence-corrected chi connectivity index (χ1v) is 11.1. The first-order chi connectivity index (χ1) is 16.8. The second-order valence-electron chi connectivity index (χ2n) is 8.27. The third kappa shape index (κ3) is 3.67. The molecule has 0 saturated heterocycles. The van der Waals surface area contributed by atoms with E-state index in [1.54, 1.807) is 56.1 Å². The van der Waals surface area contributed by atoms with E-state index in [4.69, 9.17) is 17.3 Å². The van der Waals surface area contributed by atoms with E-state index in [2.05, 4.69) is 15.0 Å². The summed E-state index contributed by atoms with van der Waals surface area (Å²) >= 11 is 6.15. The summed E-state index contributed by atoms with van der Waals surface area (Å²) in [5, 5.41) is 10.6. The first-order valence-electron chi connectivity index (χ1n) is 10.7. The lowest BCUT2D eigenvalue weighted by Gasteiger charge is -2.31. The molecule has 4 heterocycles. The molecule has 0 aliphatic heterocycles. The fraction of sp³-hybridized carbons (Fsp3) is 0.115. The number of rotatable bonds is 4. The summed E-state index contributed by atoms with van der Waals surface area (Å²) in [4.78, 5) is 26.1. The molecule has 5 rings (SSSR count). The van der Waals surface area contributed by atoms with Gasteiger partial charge in [-0.2, -0.15) is 5.26 Å². The van der Waals surface area contributed by atoms with Crippen LogP contribution >= 0.6 is 11.6 Å². The Morgan fingerprint density at radius 2 is 1.83 bits per heavy atom. The van der Waals surface area contributed by atoms with E-state index in [0.29, 0.717) is 32.9 Å². The third-order valence-electron chi connectivity index (χ3n) is 6.19. The molecule has 0 radical (unpaired) electrons. The van der Waals surface area contributed by atoms with E-state index in [1.807, 2.05) is 35.9 Å². The van der Waals surface area contributed by atoms with E-state index >= 15 is 0 Å². The number of halogens is 1. The number of aryl methyl sites for hydroxylation is 2.